The molecule has 0 aliphatic heterocycles. The molecule has 0 aromatic rings. The van der Waals surface area contributed by atoms with Crippen LogP contribution in [0.25, 0.3) is 0 Å². The third-order valence-corrected chi connectivity index (χ3v) is 19.2. The van der Waals surface area contributed by atoms with Crippen molar-refractivity contribution in [3.63, 3.8) is 0 Å². The molecule has 92 heavy (non-hydrogen) atoms. The van der Waals surface area contributed by atoms with Crippen molar-refractivity contribution in [2.45, 2.75) is 394 Å². The van der Waals surface area contributed by atoms with Crippen LogP contribution in [0.2, 0.25) is 0 Å². The summed E-state index contributed by atoms with van der Waals surface area (Å²) in [4.78, 5) is 72.7. The second-order valence-electron chi connectivity index (χ2n) is 27.1. The minimum absolute atomic E-state index is 0.107. The summed E-state index contributed by atoms with van der Waals surface area (Å²) >= 11 is 0. The fraction of sp³-hybridized carbons (Fsp3) is 0.945. The molecular weight excluding hydrogens is 1210 g/mol. The first kappa shape index (κ1) is 90.1. The van der Waals surface area contributed by atoms with Crippen molar-refractivity contribution in [1.29, 1.82) is 0 Å². The maximum Gasteiger partial charge on any atom is 0.472 e. The van der Waals surface area contributed by atoms with Gasteiger partial charge in [-0.3, -0.25) is 37.3 Å². The van der Waals surface area contributed by atoms with E-state index in [1.807, 2.05) is 0 Å². The van der Waals surface area contributed by atoms with Crippen LogP contribution in [-0.4, -0.2) is 96.7 Å². The number of aliphatic hydroxyl groups excluding tert-OH is 1. The molecule has 0 saturated heterocycles. The Bertz CT molecular complexity index is 1790. The van der Waals surface area contributed by atoms with Crippen LogP contribution in [0.3, 0.4) is 0 Å². The maximum absolute atomic E-state index is 13.0. The van der Waals surface area contributed by atoms with Crippen molar-refractivity contribution in [3.05, 3.63) is 0 Å². The highest BCUT2D eigenvalue weighted by atomic mass is 31.2. The van der Waals surface area contributed by atoms with E-state index >= 15 is 0 Å². The lowest BCUT2D eigenvalue weighted by Gasteiger charge is -2.21. The van der Waals surface area contributed by atoms with Crippen LogP contribution in [0.5, 0.6) is 0 Å². The SMILES string of the molecule is CCCCCCCCCCCCCCCCC(=O)O[C@H](COC(=O)CCCCCCCCCCCCC(C)C)COP(=O)(O)OC[C@@H](O)COP(=O)(O)OC[C@@H](COC(=O)CCCCCCCCCCC(C)CC)OC(=O)CCCCCCCCCCCCCCC. The minimum Gasteiger partial charge on any atom is -0.462 e. The van der Waals surface area contributed by atoms with Crippen molar-refractivity contribution >= 4 is 39.5 Å². The van der Waals surface area contributed by atoms with E-state index in [-0.39, 0.29) is 25.7 Å². The Hall–Kier alpha value is -1.94. The Kier molecular flexibility index (Phi) is 63.7. The van der Waals surface area contributed by atoms with E-state index in [0.29, 0.717) is 25.7 Å². The Morgan fingerprint density at radius 1 is 0.315 bits per heavy atom. The zero-order valence-corrected chi connectivity index (χ0v) is 61.6. The lowest BCUT2D eigenvalue weighted by molar-refractivity contribution is -0.161. The van der Waals surface area contributed by atoms with Gasteiger partial charge in [0.25, 0.3) is 0 Å². The van der Waals surface area contributed by atoms with E-state index in [0.717, 1.165) is 102 Å². The Morgan fingerprint density at radius 2 is 0.554 bits per heavy atom. The number of hydrogen-bond acceptors (Lipinski definition) is 15. The topological polar surface area (TPSA) is 237 Å². The molecular formula is C73H142O17P2. The number of unbranched alkanes of at least 4 members (excludes halogenated alkanes) is 41. The first-order chi connectivity index (χ1) is 44.4. The molecule has 0 aromatic carbocycles. The number of ether oxygens (including phenoxy) is 4. The summed E-state index contributed by atoms with van der Waals surface area (Å²) in [5.41, 5.74) is 0. The predicted octanol–water partition coefficient (Wildman–Crippen LogP) is 21.2. The predicted molar refractivity (Wildman–Crippen MR) is 372 cm³/mol. The lowest BCUT2D eigenvalue weighted by atomic mass is 9.99. The van der Waals surface area contributed by atoms with Gasteiger partial charge in [0.05, 0.1) is 26.4 Å². The monoisotopic (exact) mass is 1350 g/mol. The van der Waals surface area contributed by atoms with Gasteiger partial charge >= 0.3 is 39.5 Å². The number of aliphatic hydroxyl groups is 1. The zero-order chi connectivity index (χ0) is 67.9. The van der Waals surface area contributed by atoms with E-state index in [9.17, 15) is 43.2 Å². The van der Waals surface area contributed by atoms with Crippen LogP contribution in [-0.2, 0) is 65.4 Å². The molecule has 0 amide bonds. The summed E-state index contributed by atoms with van der Waals surface area (Å²) in [6, 6.07) is 0. The third kappa shape index (κ3) is 65.4. The number of hydrogen-bond donors (Lipinski definition) is 3. The summed E-state index contributed by atoms with van der Waals surface area (Å²) in [6.07, 6.45) is 51.1. The van der Waals surface area contributed by atoms with E-state index in [2.05, 4.69) is 41.5 Å². The first-order valence-electron chi connectivity index (χ1n) is 38.0. The van der Waals surface area contributed by atoms with Crippen molar-refractivity contribution < 1.29 is 80.2 Å². The summed E-state index contributed by atoms with van der Waals surface area (Å²) in [5, 5.41) is 10.6. The number of phosphoric acid groups is 2. The number of carbonyl (C=O) groups is 4. The van der Waals surface area contributed by atoms with Gasteiger partial charge in [-0.15, -0.1) is 0 Å². The van der Waals surface area contributed by atoms with Gasteiger partial charge in [0.1, 0.15) is 19.3 Å². The molecule has 0 saturated carbocycles. The van der Waals surface area contributed by atoms with Crippen LogP contribution in [0, 0.1) is 11.8 Å². The van der Waals surface area contributed by atoms with Gasteiger partial charge in [-0.2, -0.15) is 0 Å². The van der Waals surface area contributed by atoms with Crippen molar-refractivity contribution in [1.82, 2.24) is 0 Å². The van der Waals surface area contributed by atoms with Gasteiger partial charge in [-0.05, 0) is 37.5 Å². The molecule has 0 spiro atoms. The molecule has 0 aliphatic rings. The van der Waals surface area contributed by atoms with Crippen molar-refractivity contribution in [2.24, 2.45) is 11.8 Å². The largest absolute Gasteiger partial charge is 0.472 e. The van der Waals surface area contributed by atoms with Crippen LogP contribution in [0.15, 0.2) is 0 Å². The van der Waals surface area contributed by atoms with Gasteiger partial charge in [0, 0.05) is 25.7 Å². The molecule has 0 bridgehead atoms. The highest BCUT2D eigenvalue weighted by Crippen LogP contribution is 2.45. The van der Waals surface area contributed by atoms with E-state index in [1.165, 1.54) is 193 Å². The quantitative estimate of drug-likeness (QED) is 0.0222. The molecule has 0 heterocycles. The molecule has 0 radical (unpaired) electrons. The van der Waals surface area contributed by atoms with Gasteiger partial charge < -0.3 is 33.8 Å². The lowest BCUT2D eigenvalue weighted by Crippen LogP contribution is -2.30. The van der Waals surface area contributed by atoms with Gasteiger partial charge in [0.15, 0.2) is 12.2 Å². The Balaban J connectivity index is 5.27. The van der Waals surface area contributed by atoms with Gasteiger partial charge in [-0.1, -0.05) is 324 Å². The number of carbonyl (C=O) groups excluding carboxylic acids is 4. The average Bonchev–Trinajstić information content (AvgIpc) is 2.84. The van der Waals surface area contributed by atoms with Crippen LogP contribution >= 0.6 is 15.6 Å². The molecule has 3 N–H and O–H groups in total. The third-order valence-electron chi connectivity index (χ3n) is 17.3. The van der Waals surface area contributed by atoms with Crippen molar-refractivity contribution in [2.75, 3.05) is 39.6 Å². The van der Waals surface area contributed by atoms with Crippen LogP contribution in [0.4, 0.5) is 0 Å². The Labute approximate surface area is 562 Å². The van der Waals surface area contributed by atoms with Crippen LogP contribution < -0.4 is 0 Å². The molecule has 3 unspecified atom stereocenters. The van der Waals surface area contributed by atoms with E-state index in [4.69, 9.17) is 37.0 Å². The summed E-state index contributed by atoms with van der Waals surface area (Å²) in [7, 11) is -9.91. The second kappa shape index (κ2) is 65.0. The van der Waals surface area contributed by atoms with Crippen LogP contribution in [0.1, 0.15) is 375 Å². The molecule has 6 atom stereocenters. The molecule has 0 aliphatic carbocycles. The number of esters is 4. The zero-order valence-electron chi connectivity index (χ0n) is 59.9. The summed E-state index contributed by atoms with van der Waals surface area (Å²) in [5.74, 6) is -0.581. The highest BCUT2D eigenvalue weighted by molar-refractivity contribution is 7.47. The van der Waals surface area contributed by atoms with Gasteiger partial charge in [0.2, 0.25) is 0 Å². The molecule has 19 heteroatoms. The molecule has 0 aromatic heterocycles. The van der Waals surface area contributed by atoms with E-state index in [1.54, 1.807) is 0 Å². The Morgan fingerprint density at radius 3 is 0.826 bits per heavy atom. The smallest absolute Gasteiger partial charge is 0.462 e. The fourth-order valence-corrected chi connectivity index (χ4v) is 12.7. The summed E-state index contributed by atoms with van der Waals surface area (Å²) in [6.45, 7) is 9.58. The standard InChI is InChI=1S/C73H142O17P2/c1-7-10-12-14-16-18-20-22-24-26-32-40-46-52-58-73(78)89-68(61-83-70(75)55-49-43-37-30-28-27-29-35-41-47-53-65(4)5)63-87-91(79,80)85-59-67(74)60-86-92(81,82)88-64-69(62-84-71(76)56-50-44-38-34-33-36-42-48-54-66(6)9-3)90-72(77)57-51-45-39-31-25-23-21-19-17-15-13-11-8-2/h65-69,74H,7-64H2,1-6H3,(H,79,80)(H,81,82)/t66?,67-,68-,69-/m1/s1. The molecule has 546 valence electrons. The maximum atomic E-state index is 13.0. The average molecular weight is 1350 g/mol. The number of phosphoric ester groups is 2. The van der Waals surface area contributed by atoms with E-state index < -0.39 is 97.5 Å². The second-order valence-corrected chi connectivity index (χ2v) is 30.0. The molecule has 0 rings (SSSR count). The normalized spacial score (nSPS) is 14.4. The summed E-state index contributed by atoms with van der Waals surface area (Å²) < 4.78 is 68.4. The highest BCUT2D eigenvalue weighted by Gasteiger charge is 2.30. The molecule has 0 fully saturated rings. The molecule has 17 nitrogen and oxygen atoms in total. The van der Waals surface area contributed by atoms with Crippen molar-refractivity contribution in [3.8, 4) is 0 Å². The fourth-order valence-electron chi connectivity index (χ4n) is 11.1. The number of rotatable bonds is 72. The first-order valence-corrected chi connectivity index (χ1v) is 41.0. The van der Waals surface area contributed by atoms with Gasteiger partial charge in [-0.25, -0.2) is 9.13 Å². The minimum atomic E-state index is -4.95.